The highest BCUT2D eigenvalue weighted by molar-refractivity contribution is 5.35. The van der Waals surface area contributed by atoms with E-state index in [1.165, 1.54) is 0 Å². The summed E-state index contributed by atoms with van der Waals surface area (Å²) in [6.07, 6.45) is 1.69. The van der Waals surface area contributed by atoms with Crippen LogP contribution in [0.1, 0.15) is 24.1 Å². The summed E-state index contributed by atoms with van der Waals surface area (Å²) in [6, 6.07) is 11.4. The molecule has 0 fully saturated rings. The third-order valence-corrected chi connectivity index (χ3v) is 2.72. The van der Waals surface area contributed by atoms with Gasteiger partial charge in [-0.25, -0.2) is 4.98 Å². The molecule has 0 aliphatic rings. The van der Waals surface area contributed by atoms with Crippen molar-refractivity contribution in [3.8, 4) is 11.6 Å². The van der Waals surface area contributed by atoms with Gasteiger partial charge in [-0.3, -0.25) is 0 Å². The summed E-state index contributed by atoms with van der Waals surface area (Å²) in [7, 11) is 1.67. The van der Waals surface area contributed by atoms with Crippen molar-refractivity contribution >= 4 is 0 Å². The zero-order valence-electron chi connectivity index (χ0n) is 11.2. The van der Waals surface area contributed by atoms with Crippen LogP contribution in [0.5, 0.6) is 11.6 Å². The minimum atomic E-state index is -0.120. The second-order valence-corrected chi connectivity index (χ2v) is 4.37. The maximum atomic E-state index is 5.91. The maximum Gasteiger partial charge on any atom is 0.223 e. The van der Waals surface area contributed by atoms with Gasteiger partial charge in [0.2, 0.25) is 5.88 Å². The Bertz CT molecular complexity index is 541. The van der Waals surface area contributed by atoms with Crippen molar-refractivity contribution < 1.29 is 9.47 Å². The lowest BCUT2D eigenvalue weighted by Crippen LogP contribution is -2.07. The van der Waals surface area contributed by atoms with Crippen molar-refractivity contribution in [3.63, 3.8) is 0 Å². The van der Waals surface area contributed by atoms with E-state index in [9.17, 15) is 0 Å². The van der Waals surface area contributed by atoms with Crippen molar-refractivity contribution in [2.24, 2.45) is 5.73 Å². The Morgan fingerprint density at radius 2 is 2.11 bits per heavy atom. The molecule has 1 aromatic carbocycles. The van der Waals surface area contributed by atoms with Gasteiger partial charge in [-0.2, -0.15) is 0 Å². The normalized spacial score (nSPS) is 12.2. The fourth-order valence-corrected chi connectivity index (χ4v) is 1.81. The second-order valence-electron chi connectivity index (χ2n) is 4.37. The van der Waals surface area contributed by atoms with Gasteiger partial charge in [0.05, 0.1) is 6.61 Å². The van der Waals surface area contributed by atoms with Gasteiger partial charge in [0, 0.05) is 24.9 Å². The van der Waals surface area contributed by atoms with Crippen LogP contribution in [0.4, 0.5) is 0 Å². The van der Waals surface area contributed by atoms with Crippen molar-refractivity contribution in [2.45, 2.75) is 19.6 Å². The van der Waals surface area contributed by atoms with Crippen LogP contribution in [0, 0.1) is 0 Å². The quantitative estimate of drug-likeness (QED) is 0.895. The highest BCUT2D eigenvalue weighted by Crippen LogP contribution is 2.26. The van der Waals surface area contributed by atoms with Gasteiger partial charge in [0.15, 0.2) is 0 Å². The first-order valence-corrected chi connectivity index (χ1v) is 6.17. The minimum Gasteiger partial charge on any atom is -0.439 e. The largest absolute Gasteiger partial charge is 0.439 e. The predicted octanol–water partition coefficient (Wildman–Crippen LogP) is 3.04. The Labute approximate surface area is 113 Å². The summed E-state index contributed by atoms with van der Waals surface area (Å²) in [5.41, 5.74) is 7.85. The molecule has 19 heavy (non-hydrogen) atoms. The smallest absolute Gasteiger partial charge is 0.223 e. The van der Waals surface area contributed by atoms with E-state index in [1.807, 2.05) is 43.3 Å². The third kappa shape index (κ3) is 3.53. The number of hydrogen-bond donors (Lipinski definition) is 1. The molecule has 0 saturated carbocycles. The molecule has 0 aliphatic heterocycles. The summed E-state index contributed by atoms with van der Waals surface area (Å²) < 4.78 is 10.9. The van der Waals surface area contributed by atoms with Crippen LogP contribution in [0.2, 0.25) is 0 Å². The molecule has 4 nitrogen and oxygen atoms in total. The maximum absolute atomic E-state index is 5.91. The first-order chi connectivity index (χ1) is 9.20. The number of aromatic nitrogens is 1. The Hall–Kier alpha value is -1.91. The fourth-order valence-electron chi connectivity index (χ4n) is 1.81. The number of nitrogens with zero attached hydrogens (tertiary/aromatic N) is 1. The van der Waals surface area contributed by atoms with Gasteiger partial charge in [-0.15, -0.1) is 0 Å². The number of hydrogen-bond acceptors (Lipinski definition) is 4. The molecule has 0 radical (unpaired) electrons. The monoisotopic (exact) mass is 258 g/mol. The Kier molecular flexibility index (Phi) is 4.49. The molecule has 2 rings (SSSR count). The van der Waals surface area contributed by atoms with E-state index in [1.54, 1.807) is 13.3 Å². The molecule has 0 spiro atoms. The lowest BCUT2D eigenvalue weighted by atomic mass is 10.1. The van der Waals surface area contributed by atoms with E-state index in [2.05, 4.69) is 4.98 Å². The molecule has 1 aromatic heterocycles. The SMILES string of the molecule is COCc1cccc(Oc2ncccc2[C@@H](C)N)c1. The molecule has 1 heterocycles. The van der Waals surface area contributed by atoms with Gasteiger partial charge in [-0.1, -0.05) is 18.2 Å². The molecular weight excluding hydrogens is 240 g/mol. The van der Waals surface area contributed by atoms with E-state index in [4.69, 9.17) is 15.2 Å². The molecule has 0 bridgehead atoms. The first kappa shape index (κ1) is 13.5. The number of rotatable bonds is 5. The average Bonchev–Trinajstić information content (AvgIpc) is 2.40. The van der Waals surface area contributed by atoms with Gasteiger partial charge >= 0.3 is 0 Å². The highest BCUT2D eigenvalue weighted by atomic mass is 16.5. The van der Waals surface area contributed by atoms with E-state index in [-0.39, 0.29) is 6.04 Å². The zero-order chi connectivity index (χ0) is 13.7. The molecule has 0 saturated heterocycles. The molecule has 1 atom stereocenters. The van der Waals surface area contributed by atoms with Crippen molar-refractivity contribution in [1.29, 1.82) is 0 Å². The van der Waals surface area contributed by atoms with Crippen LogP contribution in [0.25, 0.3) is 0 Å². The number of benzene rings is 1. The summed E-state index contributed by atoms with van der Waals surface area (Å²) in [4.78, 5) is 4.24. The summed E-state index contributed by atoms with van der Waals surface area (Å²) in [5.74, 6) is 1.28. The molecule has 2 N–H and O–H groups in total. The van der Waals surface area contributed by atoms with E-state index < -0.39 is 0 Å². The van der Waals surface area contributed by atoms with Crippen LogP contribution < -0.4 is 10.5 Å². The van der Waals surface area contributed by atoms with Crippen molar-refractivity contribution in [1.82, 2.24) is 4.98 Å². The van der Waals surface area contributed by atoms with Crippen molar-refractivity contribution in [3.05, 3.63) is 53.7 Å². The second kappa shape index (κ2) is 6.31. The van der Waals surface area contributed by atoms with Crippen LogP contribution in [0.15, 0.2) is 42.6 Å². The van der Waals surface area contributed by atoms with E-state index in [0.29, 0.717) is 12.5 Å². The number of nitrogens with two attached hydrogens (primary N) is 1. The molecule has 100 valence electrons. The van der Waals surface area contributed by atoms with Gasteiger partial charge < -0.3 is 15.2 Å². The lowest BCUT2D eigenvalue weighted by Gasteiger charge is -2.12. The first-order valence-electron chi connectivity index (χ1n) is 6.17. The molecular formula is C15H18N2O2. The summed E-state index contributed by atoms with van der Waals surface area (Å²) in [6.45, 7) is 2.46. The predicted molar refractivity (Wildman–Crippen MR) is 74.1 cm³/mol. The van der Waals surface area contributed by atoms with E-state index in [0.717, 1.165) is 16.9 Å². The fraction of sp³-hybridized carbons (Fsp3) is 0.267. The highest BCUT2D eigenvalue weighted by Gasteiger charge is 2.09. The topological polar surface area (TPSA) is 57.4 Å². The summed E-state index contributed by atoms with van der Waals surface area (Å²) >= 11 is 0. The van der Waals surface area contributed by atoms with Crippen LogP contribution in [-0.2, 0) is 11.3 Å². The van der Waals surface area contributed by atoms with Crippen molar-refractivity contribution in [2.75, 3.05) is 7.11 Å². The Morgan fingerprint density at radius 3 is 2.84 bits per heavy atom. The lowest BCUT2D eigenvalue weighted by molar-refractivity contribution is 0.184. The Morgan fingerprint density at radius 1 is 1.26 bits per heavy atom. The van der Waals surface area contributed by atoms with Crippen LogP contribution >= 0.6 is 0 Å². The molecule has 2 aromatic rings. The van der Waals surface area contributed by atoms with Crippen LogP contribution in [-0.4, -0.2) is 12.1 Å². The molecule has 4 heteroatoms. The minimum absolute atomic E-state index is 0.120. The molecule has 0 amide bonds. The molecule has 0 unspecified atom stereocenters. The third-order valence-electron chi connectivity index (χ3n) is 2.72. The van der Waals surface area contributed by atoms with E-state index >= 15 is 0 Å². The molecule has 0 aliphatic carbocycles. The number of pyridine rings is 1. The number of methoxy groups -OCH3 is 1. The standard InChI is InChI=1S/C15H18N2O2/c1-11(16)14-7-4-8-17-15(14)19-13-6-3-5-12(9-13)10-18-2/h3-9,11H,10,16H2,1-2H3/t11-/m1/s1. The summed E-state index contributed by atoms with van der Waals surface area (Å²) in [5, 5.41) is 0. The number of ether oxygens (including phenoxy) is 2. The zero-order valence-corrected chi connectivity index (χ0v) is 11.2. The van der Waals surface area contributed by atoms with Gasteiger partial charge in [0.1, 0.15) is 5.75 Å². The van der Waals surface area contributed by atoms with Crippen LogP contribution in [0.3, 0.4) is 0 Å². The van der Waals surface area contributed by atoms with Gasteiger partial charge in [-0.05, 0) is 30.7 Å². The van der Waals surface area contributed by atoms with Gasteiger partial charge in [0.25, 0.3) is 0 Å². The average molecular weight is 258 g/mol. The Balaban J connectivity index is 2.23.